The molecule has 0 saturated carbocycles. The summed E-state index contributed by atoms with van der Waals surface area (Å²) in [7, 11) is 5.86. The maximum absolute atomic E-state index is 5.89. The topological polar surface area (TPSA) is 21.7 Å². The lowest BCUT2D eigenvalue weighted by molar-refractivity contribution is 0.164. The summed E-state index contributed by atoms with van der Waals surface area (Å²) < 4.78 is 11.7. The number of hydrogen-bond donors (Lipinski definition) is 0. The molecular formula is C27H31NO2. The number of methoxy groups -OCH3 is 1. The summed E-state index contributed by atoms with van der Waals surface area (Å²) in [6.07, 6.45) is -0.0568. The molecule has 3 nitrogen and oxygen atoms in total. The Morgan fingerprint density at radius 2 is 1.30 bits per heavy atom. The first-order valence-corrected chi connectivity index (χ1v) is 10.4. The maximum Gasteiger partial charge on any atom is 0.119 e. The molecule has 0 heterocycles. The fourth-order valence-corrected chi connectivity index (χ4v) is 3.46. The Hall–Kier alpha value is -2.88. The monoisotopic (exact) mass is 401 g/mol. The van der Waals surface area contributed by atoms with Crippen molar-refractivity contribution in [2.75, 3.05) is 34.4 Å². The second kappa shape index (κ2) is 10.8. The van der Waals surface area contributed by atoms with Crippen LogP contribution in [-0.2, 0) is 4.74 Å². The van der Waals surface area contributed by atoms with Crippen molar-refractivity contribution in [3.8, 4) is 5.75 Å². The van der Waals surface area contributed by atoms with E-state index in [1.807, 2.05) is 38.4 Å². The van der Waals surface area contributed by atoms with Crippen molar-refractivity contribution in [3.05, 3.63) is 102 Å². The molecule has 1 unspecified atom stereocenters. The molecule has 3 aromatic rings. The molecule has 0 radical (unpaired) electrons. The van der Waals surface area contributed by atoms with Crippen molar-refractivity contribution < 1.29 is 9.47 Å². The van der Waals surface area contributed by atoms with E-state index in [0.717, 1.165) is 23.4 Å². The molecule has 1 atom stereocenters. The standard InChI is InChI=1S/C27H31NO2/c1-21(29-4)26(22-11-7-5-8-12-22)27(23-13-9-6-10-14-23)24-15-17-25(18-16-24)30-20-19-28(2)3/h5-18,21H,19-20H2,1-4H3/b27-26-. The molecule has 0 aliphatic heterocycles. The first kappa shape index (κ1) is 21.8. The zero-order valence-corrected chi connectivity index (χ0v) is 18.3. The highest BCUT2D eigenvalue weighted by molar-refractivity contribution is 5.99. The van der Waals surface area contributed by atoms with Crippen molar-refractivity contribution in [2.45, 2.75) is 13.0 Å². The van der Waals surface area contributed by atoms with Gasteiger partial charge in [-0.3, -0.25) is 0 Å². The van der Waals surface area contributed by atoms with Crippen LogP contribution in [0.5, 0.6) is 5.75 Å². The van der Waals surface area contributed by atoms with Gasteiger partial charge in [0.05, 0.1) is 6.10 Å². The molecule has 3 heteroatoms. The molecule has 3 aromatic carbocycles. The van der Waals surface area contributed by atoms with Crippen LogP contribution in [0.3, 0.4) is 0 Å². The Labute approximate surface area is 180 Å². The third-order valence-corrected chi connectivity index (χ3v) is 5.13. The van der Waals surface area contributed by atoms with Crippen molar-refractivity contribution in [1.29, 1.82) is 0 Å². The average molecular weight is 402 g/mol. The highest BCUT2D eigenvalue weighted by Gasteiger charge is 2.19. The second-order valence-corrected chi connectivity index (χ2v) is 7.57. The highest BCUT2D eigenvalue weighted by Crippen LogP contribution is 2.35. The van der Waals surface area contributed by atoms with Crippen molar-refractivity contribution in [2.24, 2.45) is 0 Å². The van der Waals surface area contributed by atoms with Crippen LogP contribution in [0.25, 0.3) is 11.1 Å². The molecule has 0 fully saturated rings. The zero-order chi connectivity index (χ0) is 21.3. The van der Waals surface area contributed by atoms with Gasteiger partial charge in [0, 0.05) is 13.7 Å². The predicted octanol–water partition coefficient (Wildman–Crippen LogP) is 5.62. The molecule has 0 N–H and O–H groups in total. The molecule has 0 saturated heterocycles. The van der Waals surface area contributed by atoms with E-state index in [0.29, 0.717) is 6.61 Å². The van der Waals surface area contributed by atoms with Gasteiger partial charge in [-0.15, -0.1) is 0 Å². The summed E-state index contributed by atoms with van der Waals surface area (Å²) in [6.45, 7) is 3.66. The molecule has 0 aromatic heterocycles. The van der Waals surface area contributed by atoms with Gasteiger partial charge in [-0.25, -0.2) is 0 Å². The molecule has 30 heavy (non-hydrogen) atoms. The number of ether oxygens (including phenoxy) is 2. The number of hydrogen-bond acceptors (Lipinski definition) is 3. The first-order chi connectivity index (χ1) is 14.6. The van der Waals surface area contributed by atoms with Crippen LogP contribution in [-0.4, -0.2) is 45.4 Å². The van der Waals surface area contributed by atoms with Gasteiger partial charge in [0.2, 0.25) is 0 Å². The van der Waals surface area contributed by atoms with Crippen LogP contribution in [0.15, 0.2) is 84.9 Å². The average Bonchev–Trinajstić information content (AvgIpc) is 2.78. The van der Waals surface area contributed by atoms with Crippen LogP contribution in [0.1, 0.15) is 23.6 Å². The Morgan fingerprint density at radius 3 is 1.83 bits per heavy atom. The molecule has 0 aliphatic rings. The van der Waals surface area contributed by atoms with E-state index in [-0.39, 0.29) is 6.10 Å². The minimum atomic E-state index is -0.0568. The largest absolute Gasteiger partial charge is 0.492 e. The number of likely N-dealkylation sites (N-methyl/N-ethyl adjacent to an activating group) is 1. The lowest BCUT2D eigenvalue weighted by atomic mass is 9.87. The van der Waals surface area contributed by atoms with E-state index < -0.39 is 0 Å². The Bertz CT molecular complexity index is 932. The van der Waals surface area contributed by atoms with E-state index >= 15 is 0 Å². The van der Waals surface area contributed by atoms with E-state index in [1.165, 1.54) is 16.7 Å². The minimum Gasteiger partial charge on any atom is -0.492 e. The molecule has 0 amide bonds. The van der Waals surface area contributed by atoms with Gasteiger partial charge in [-0.2, -0.15) is 0 Å². The summed E-state index contributed by atoms with van der Waals surface area (Å²) >= 11 is 0. The first-order valence-electron chi connectivity index (χ1n) is 10.4. The van der Waals surface area contributed by atoms with Gasteiger partial charge in [0.25, 0.3) is 0 Å². The third kappa shape index (κ3) is 5.59. The number of nitrogens with zero attached hydrogens (tertiary/aromatic N) is 1. The molecular weight excluding hydrogens is 370 g/mol. The molecule has 156 valence electrons. The third-order valence-electron chi connectivity index (χ3n) is 5.13. The van der Waals surface area contributed by atoms with Crippen molar-refractivity contribution >= 4 is 11.1 Å². The summed E-state index contributed by atoms with van der Waals surface area (Å²) in [6, 6.07) is 29.4. The maximum atomic E-state index is 5.89. The lowest BCUT2D eigenvalue weighted by Crippen LogP contribution is -2.19. The molecule has 0 spiro atoms. The van der Waals surface area contributed by atoms with Gasteiger partial charge in [0.15, 0.2) is 0 Å². The van der Waals surface area contributed by atoms with Gasteiger partial charge in [-0.1, -0.05) is 72.8 Å². The Morgan fingerprint density at radius 1 is 0.767 bits per heavy atom. The molecule has 3 rings (SSSR count). The molecule has 0 aliphatic carbocycles. The van der Waals surface area contributed by atoms with Crippen LogP contribution in [0.2, 0.25) is 0 Å². The zero-order valence-electron chi connectivity index (χ0n) is 18.3. The predicted molar refractivity (Wildman–Crippen MR) is 126 cm³/mol. The van der Waals surface area contributed by atoms with Gasteiger partial charge >= 0.3 is 0 Å². The lowest BCUT2D eigenvalue weighted by Gasteiger charge is -2.22. The summed E-state index contributed by atoms with van der Waals surface area (Å²) in [5.74, 6) is 0.883. The van der Waals surface area contributed by atoms with E-state index in [4.69, 9.17) is 9.47 Å². The molecule has 0 bridgehead atoms. The minimum absolute atomic E-state index is 0.0568. The van der Waals surface area contributed by atoms with Crippen molar-refractivity contribution in [1.82, 2.24) is 4.90 Å². The normalized spacial score (nSPS) is 13.1. The van der Waals surface area contributed by atoms with Gasteiger partial charge in [0.1, 0.15) is 12.4 Å². The number of rotatable bonds is 9. The van der Waals surface area contributed by atoms with Crippen LogP contribution >= 0.6 is 0 Å². The van der Waals surface area contributed by atoms with Gasteiger partial charge < -0.3 is 14.4 Å². The quantitative estimate of drug-likeness (QED) is 0.434. The summed E-state index contributed by atoms with van der Waals surface area (Å²) in [5.41, 5.74) is 5.82. The van der Waals surface area contributed by atoms with Gasteiger partial charge in [-0.05, 0) is 61.0 Å². The summed E-state index contributed by atoms with van der Waals surface area (Å²) in [4.78, 5) is 2.11. The SMILES string of the molecule is COC(C)/C(=C(\c1ccccc1)c1ccc(OCCN(C)C)cc1)c1ccccc1. The second-order valence-electron chi connectivity index (χ2n) is 7.57. The van der Waals surface area contributed by atoms with E-state index in [1.54, 1.807) is 7.11 Å². The number of benzene rings is 3. The van der Waals surface area contributed by atoms with Crippen LogP contribution < -0.4 is 4.74 Å². The Balaban J connectivity index is 2.08. The van der Waals surface area contributed by atoms with Crippen LogP contribution in [0.4, 0.5) is 0 Å². The van der Waals surface area contributed by atoms with Crippen molar-refractivity contribution in [3.63, 3.8) is 0 Å². The fraction of sp³-hybridized carbons (Fsp3) is 0.259. The van der Waals surface area contributed by atoms with Crippen LogP contribution in [0, 0.1) is 0 Å². The Kier molecular flexibility index (Phi) is 7.83. The fourth-order valence-electron chi connectivity index (χ4n) is 3.46. The smallest absolute Gasteiger partial charge is 0.119 e. The highest BCUT2D eigenvalue weighted by atomic mass is 16.5. The van der Waals surface area contributed by atoms with E-state index in [9.17, 15) is 0 Å². The van der Waals surface area contributed by atoms with E-state index in [2.05, 4.69) is 72.5 Å². The summed E-state index contributed by atoms with van der Waals surface area (Å²) in [5, 5.41) is 0.